The molecule has 82 valence electrons. The highest BCUT2D eigenvalue weighted by Crippen LogP contribution is 2.91. The van der Waals surface area contributed by atoms with E-state index in [4.69, 9.17) is 0 Å². The Labute approximate surface area is 90.3 Å². The number of nitrogens with zero attached hydrogens (tertiary/aromatic N) is 3. The van der Waals surface area contributed by atoms with E-state index in [1.807, 2.05) is 9.36 Å². The van der Waals surface area contributed by atoms with Crippen LogP contribution in [0.2, 0.25) is 0 Å². The second kappa shape index (κ2) is 1.57. The van der Waals surface area contributed by atoms with Crippen LogP contribution in [0.5, 0.6) is 0 Å². The Balaban J connectivity index is 1.85. The normalized spacial score (nSPS) is 60.1. The average molecular weight is 217 g/mol. The third kappa shape index (κ3) is 0.394. The molecular weight excluding hydrogens is 206 g/mol. The van der Waals surface area contributed by atoms with Gasteiger partial charge in [-0.1, -0.05) is 0 Å². The lowest BCUT2D eigenvalue weighted by molar-refractivity contribution is 0.112. The Bertz CT molecular complexity index is 618. The third-order valence-electron chi connectivity index (χ3n) is 6.17. The molecular formula is C11H11N3O2. The van der Waals surface area contributed by atoms with Crippen LogP contribution < -0.4 is 11.4 Å². The summed E-state index contributed by atoms with van der Waals surface area (Å²) in [6.45, 7) is 0. The topological polar surface area (TPSA) is 48.9 Å². The van der Waals surface area contributed by atoms with Crippen LogP contribution in [0, 0.1) is 35.5 Å². The van der Waals surface area contributed by atoms with Crippen molar-refractivity contribution < 1.29 is 0 Å². The Morgan fingerprint density at radius 2 is 1.12 bits per heavy atom. The predicted molar refractivity (Wildman–Crippen MR) is 52.9 cm³/mol. The molecule has 16 heavy (non-hydrogen) atoms. The highest BCUT2D eigenvalue weighted by Gasteiger charge is 2.90. The molecule has 3 heterocycles. The predicted octanol–water partition coefficient (Wildman–Crippen LogP) is -0.804. The summed E-state index contributed by atoms with van der Waals surface area (Å²) in [7, 11) is 1.60. The Hall–Kier alpha value is -1.26. The largest absolute Gasteiger partial charge is 0.347 e. The fourth-order valence-corrected chi connectivity index (χ4v) is 5.90. The molecule has 0 saturated heterocycles. The van der Waals surface area contributed by atoms with Crippen molar-refractivity contribution in [2.45, 2.75) is 12.1 Å². The van der Waals surface area contributed by atoms with Gasteiger partial charge in [-0.3, -0.25) is 0 Å². The van der Waals surface area contributed by atoms with Crippen molar-refractivity contribution in [3.8, 4) is 0 Å². The molecule has 4 atom stereocenters. The molecule has 0 amide bonds. The van der Waals surface area contributed by atoms with Crippen LogP contribution in [-0.4, -0.2) is 13.9 Å². The summed E-state index contributed by atoms with van der Waals surface area (Å²) < 4.78 is 4.90. The molecule has 1 aromatic rings. The van der Waals surface area contributed by atoms with Crippen LogP contribution in [0.3, 0.4) is 0 Å². The molecule has 6 aliphatic rings. The van der Waals surface area contributed by atoms with Crippen LogP contribution in [0.4, 0.5) is 0 Å². The van der Waals surface area contributed by atoms with E-state index >= 15 is 0 Å². The first-order valence-electron chi connectivity index (χ1n) is 6.13. The molecule has 5 nitrogen and oxygen atoms in total. The summed E-state index contributed by atoms with van der Waals surface area (Å²) in [6, 6.07) is 0.771. The van der Waals surface area contributed by atoms with Gasteiger partial charge in [0.25, 0.3) is 0 Å². The minimum Gasteiger partial charge on any atom is -0.246 e. The summed E-state index contributed by atoms with van der Waals surface area (Å²) in [5, 5.41) is 0. The van der Waals surface area contributed by atoms with Crippen LogP contribution in [0.25, 0.3) is 0 Å². The number of rotatable bonds is 0. The molecule has 4 aliphatic carbocycles. The first-order chi connectivity index (χ1) is 7.73. The van der Waals surface area contributed by atoms with E-state index < -0.39 is 0 Å². The lowest BCUT2D eigenvalue weighted by Crippen LogP contribution is -2.45. The van der Waals surface area contributed by atoms with Gasteiger partial charge in [0.05, 0.1) is 12.1 Å². The number of hydrogen-bond donors (Lipinski definition) is 0. The standard InChI is InChI=1S/C11H11N3O2/c1-12-10(15)13-8-4-2-3-6(8)7(3)9(5(2)4)14(13)11(12)16/h2-9H,1H3. The summed E-state index contributed by atoms with van der Waals surface area (Å²) in [5.74, 6) is 4.77. The van der Waals surface area contributed by atoms with Crippen molar-refractivity contribution in [1.82, 2.24) is 13.9 Å². The van der Waals surface area contributed by atoms with Gasteiger partial charge in [-0.05, 0) is 35.5 Å². The molecule has 4 saturated carbocycles. The van der Waals surface area contributed by atoms with Gasteiger partial charge in [0.2, 0.25) is 0 Å². The van der Waals surface area contributed by atoms with E-state index in [9.17, 15) is 9.59 Å². The number of aromatic nitrogens is 3. The molecule has 0 N–H and O–H groups in total. The Morgan fingerprint density at radius 1 is 0.750 bits per heavy atom. The van der Waals surface area contributed by atoms with Gasteiger partial charge in [-0.15, -0.1) is 0 Å². The van der Waals surface area contributed by atoms with Gasteiger partial charge in [-0.25, -0.2) is 23.5 Å². The van der Waals surface area contributed by atoms with Crippen molar-refractivity contribution >= 4 is 0 Å². The first-order valence-corrected chi connectivity index (χ1v) is 6.13. The quantitative estimate of drug-likeness (QED) is 0.571. The molecule has 2 aliphatic heterocycles. The van der Waals surface area contributed by atoms with E-state index in [-0.39, 0.29) is 11.4 Å². The zero-order valence-electron chi connectivity index (χ0n) is 8.78. The van der Waals surface area contributed by atoms with Crippen molar-refractivity contribution in [2.75, 3.05) is 0 Å². The van der Waals surface area contributed by atoms with Gasteiger partial charge < -0.3 is 0 Å². The monoisotopic (exact) mass is 217 g/mol. The lowest BCUT2D eigenvalue weighted by atomic mass is 9.89. The third-order valence-corrected chi connectivity index (χ3v) is 6.17. The molecule has 0 radical (unpaired) electrons. The molecule has 0 aromatic carbocycles. The van der Waals surface area contributed by atoms with Gasteiger partial charge in [0.1, 0.15) is 0 Å². The molecule has 7 rings (SSSR count). The fraction of sp³-hybridized carbons (Fsp3) is 0.818. The maximum Gasteiger partial charge on any atom is 0.347 e. The smallest absolute Gasteiger partial charge is 0.246 e. The first kappa shape index (κ1) is 7.14. The minimum atomic E-state index is -0.0879. The summed E-state index contributed by atoms with van der Waals surface area (Å²) in [4.78, 5) is 24.1. The molecule has 1 aromatic heterocycles. The Kier molecular flexibility index (Phi) is 0.699. The van der Waals surface area contributed by atoms with Gasteiger partial charge in [-0.2, -0.15) is 0 Å². The van der Waals surface area contributed by atoms with E-state index in [2.05, 4.69) is 0 Å². The maximum atomic E-state index is 12.1. The van der Waals surface area contributed by atoms with E-state index in [1.165, 1.54) is 4.57 Å². The zero-order chi connectivity index (χ0) is 10.5. The van der Waals surface area contributed by atoms with Gasteiger partial charge >= 0.3 is 11.4 Å². The highest BCUT2D eigenvalue weighted by atomic mass is 16.2. The van der Waals surface area contributed by atoms with Gasteiger partial charge in [0.15, 0.2) is 0 Å². The van der Waals surface area contributed by atoms with Crippen LogP contribution in [0.1, 0.15) is 12.1 Å². The minimum absolute atomic E-state index is 0.0879. The van der Waals surface area contributed by atoms with Crippen LogP contribution >= 0.6 is 0 Å². The SMILES string of the molecule is Cn1c(=O)n2n(c1=O)C1C3C4C5C(C51)C2C43. The summed E-state index contributed by atoms with van der Waals surface area (Å²) in [6.07, 6.45) is 0. The van der Waals surface area contributed by atoms with E-state index in [1.54, 1.807) is 7.05 Å². The van der Waals surface area contributed by atoms with Crippen molar-refractivity contribution in [3.63, 3.8) is 0 Å². The van der Waals surface area contributed by atoms with Crippen molar-refractivity contribution in [1.29, 1.82) is 0 Å². The average Bonchev–Trinajstić information content (AvgIpc) is 3.10. The zero-order valence-corrected chi connectivity index (χ0v) is 8.78. The Morgan fingerprint density at radius 3 is 1.50 bits per heavy atom. The van der Waals surface area contributed by atoms with Crippen molar-refractivity contribution in [3.05, 3.63) is 21.0 Å². The molecule has 5 heteroatoms. The molecule has 2 bridgehead atoms. The second-order valence-corrected chi connectivity index (χ2v) is 6.26. The number of hydrogen-bond acceptors (Lipinski definition) is 2. The van der Waals surface area contributed by atoms with Crippen LogP contribution in [-0.2, 0) is 7.05 Å². The molecule has 4 fully saturated rings. The summed E-state index contributed by atoms with van der Waals surface area (Å²) in [5.41, 5.74) is -0.176. The lowest BCUT2D eigenvalue weighted by Gasteiger charge is -2.36. The molecule has 4 unspecified atom stereocenters. The van der Waals surface area contributed by atoms with E-state index in [0.29, 0.717) is 12.1 Å². The van der Waals surface area contributed by atoms with E-state index in [0.717, 1.165) is 35.5 Å². The maximum absolute atomic E-state index is 12.1. The summed E-state index contributed by atoms with van der Waals surface area (Å²) >= 11 is 0. The fourth-order valence-electron chi connectivity index (χ4n) is 5.90. The van der Waals surface area contributed by atoms with Crippen molar-refractivity contribution in [2.24, 2.45) is 42.6 Å². The van der Waals surface area contributed by atoms with Gasteiger partial charge in [0, 0.05) is 7.05 Å². The molecule has 0 spiro atoms. The second-order valence-electron chi connectivity index (χ2n) is 6.26. The highest BCUT2D eigenvalue weighted by molar-refractivity contribution is 5.37. The van der Waals surface area contributed by atoms with Crippen LogP contribution in [0.15, 0.2) is 9.59 Å².